The number of hydrogen-bond acceptors (Lipinski definition) is 21. The van der Waals surface area contributed by atoms with Crippen molar-refractivity contribution >= 4 is 70.4 Å². The number of aliphatic carboxylic acids is 1. The molecule has 6 aliphatic rings. The number of rotatable bonds is 13. The number of hydrogen-bond donors (Lipinski definition) is 5. The summed E-state index contributed by atoms with van der Waals surface area (Å²) in [6, 6.07) is 9.87. The number of methoxy groups -OCH3 is 2. The Hall–Kier alpha value is -9.58. The lowest BCUT2D eigenvalue weighted by molar-refractivity contribution is -0.150. The van der Waals surface area contributed by atoms with Gasteiger partial charge in [0.25, 0.3) is 0 Å². The molecule has 4 fully saturated rings. The van der Waals surface area contributed by atoms with E-state index in [9.17, 15) is 43.5 Å². The van der Waals surface area contributed by atoms with Gasteiger partial charge >= 0.3 is 24.1 Å². The number of carbonyl (C=O) groups excluding carboxylic acids is 7. The van der Waals surface area contributed by atoms with Gasteiger partial charge in [-0.3, -0.25) is 19.2 Å². The Morgan fingerprint density at radius 2 is 1.00 bits per heavy atom. The highest BCUT2D eigenvalue weighted by Gasteiger charge is 2.63. The van der Waals surface area contributed by atoms with Gasteiger partial charge in [0, 0.05) is 72.0 Å². The highest BCUT2D eigenvalue weighted by molar-refractivity contribution is 7.13. The van der Waals surface area contributed by atoms with Gasteiger partial charge in [0.15, 0.2) is 0 Å². The van der Waals surface area contributed by atoms with E-state index in [1.807, 2.05) is 83.6 Å². The van der Waals surface area contributed by atoms with Crippen LogP contribution in [0.3, 0.4) is 0 Å². The van der Waals surface area contributed by atoms with Crippen LogP contribution in [0.4, 0.5) is 9.59 Å². The molecule has 12 rings (SSSR count). The summed E-state index contributed by atoms with van der Waals surface area (Å²) < 4.78 is 27.1. The molecule has 544 valence electrons. The van der Waals surface area contributed by atoms with Crippen molar-refractivity contribution in [3.05, 3.63) is 96.0 Å². The lowest BCUT2D eigenvalue weighted by Crippen LogP contribution is -2.56. The number of allylic oxidation sites excluding steroid dienone is 2. The predicted molar refractivity (Wildman–Crippen MR) is 378 cm³/mol. The topological polar surface area (TPSA) is 345 Å². The molecule has 28 nitrogen and oxygen atoms in total. The van der Waals surface area contributed by atoms with Gasteiger partial charge in [-0.2, -0.15) is 19.8 Å². The fraction of sp³-hybridized carbons (Fsp3) is 0.528. The van der Waals surface area contributed by atoms with Crippen LogP contribution in [-0.2, 0) is 43.0 Å². The Balaban J connectivity index is 0.000000205. The maximum absolute atomic E-state index is 14.5. The van der Waals surface area contributed by atoms with Crippen molar-refractivity contribution in [2.45, 2.75) is 197 Å². The molecular formula is C72H90N14O14S2. The van der Waals surface area contributed by atoms with Crippen LogP contribution in [0.1, 0.15) is 150 Å². The van der Waals surface area contributed by atoms with Crippen LogP contribution in [0.15, 0.2) is 96.0 Å². The minimum atomic E-state index is -1.45. The molecule has 0 spiro atoms. The molecule has 2 aliphatic carbocycles. The van der Waals surface area contributed by atoms with Crippen molar-refractivity contribution in [3.63, 3.8) is 0 Å². The second kappa shape index (κ2) is 31.3. The van der Waals surface area contributed by atoms with Crippen molar-refractivity contribution in [2.24, 2.45) is 11.8 Å². The SMILES string of the molecule is CCOC(=O)[C@@]12C[C@H]1/C=C\CCCCC[C@H](NC(=O)OC(C)(C)C)C(=O)N1CC(n3nc(-c4ccc(OC)cc4)c(-c4nccs4)n3)C[C@H]1C(=O)N2.COc1ccc(-c2nn(C3C[C@H]4C(=O)N[C@]5(C(=O)O)C[C@H]5/C=C\CCCCC[C@H](NC(=O)OC(C)(C)C)C(=O)N4C3)nc2-c2nccs2)cc1. The Labute approximate surface area is 599 Å². The van der Waals surface area contributed by atoms with Crippen LogP contribution in [0.25, 0.3) is 43.9 Å². The molecule has 2 saturated heterocycles. The Kier molecular flexibility index (Phi) is 22.6. The Morgan fingerprint density at radius 3 is 1.39 bits per heavy atom. The van der Waals surface area contributed by atoms with Crippen LogP contribution in [-0.4, -0.2) is 183 Å². The van der Waals surface area contributed by atoms with Gasteiger partial charge in [-0.05, 0) is 148 Å². The van der Waals surface area contributed by atoms with Gasteiger partial charge in [0.2, 0.25) is 23.6 Å². The molecular weight excluding hydrogens is 1350 g/mol. The third kappa shape index (κ3) is 17.1. The summed E-state index contributed by atoms with van der Waals surface area (Å²) in [5.41, 5.74) is -0.356. The molecule has 6 aromatic rings. The van der Waals surface area contributed by atoms with Crippen LogP contribution in [0.2, 0.25) is 0 Å². The van der Waals surface area contributed by atoms with Gasteiger partial charge in [-0.25, -0.2) is 29.1 Å². The van der Waals surface area contributed by atoms with E-state index in [0.29, 0.717) is 76.4 Å². The molecule has 2 unspecified atom stereocenters. The van der Waals surface area contributed by atoms with Crippen LogP contribution < -0.4 is 30.7 Å². The van der Waals surface area contributed by atoms with Gasteiger partial charge in [-0.15, -0.1) is 32.9 Å². The fourth-order valence-corrected chi connectivity index (χ4v) is 14.7. The molecule has 0 radical (unpaired) electrons. The summed E-state index contributed by atoms with van der Waals surface area (Å²) in [4.78, 5) is 124. The molecule has 102 heavy (non-hydrogen) atoms. The lowest BCUT2D eigenvalue weighted by Gasteiger charge is -2.30. The Bertz CT molecular complexity index is 4050. The summed E-state index contributed by atoms with van der Waals surface area (Å²) in [5.74, 6) is -2.72. The van der Waals surface area contributed by atoms with Crippen molar-refractivity contribution in [2.75, 3.05) is 33.9 Å². The first-order valence-electron chi connectivity index (χ1n) is 34.8. The first kappa shape index (κ1) is 73.6. The molecule has 8 heterocycles. The number of amides is 6. The standard InChI is InChI=1S/C37H47N7O7S.C35H43N7O7S/c1-6-50-34(47)37-21-24(37)12-10-8-7-9-11-13-27(39-35(48)51-36(2,3)4)33(46)43-22-25(20-28(43)31(45)40-37)44-41-29(23-14-16-26(49-5)17-15-23)30(42-44)32-38-18-19-52-32;1-34(2,3)49-33(47)37-25-11-9-7-5-6-8-10-22-19-35(22,32(45)46)38-29(43)26-18-23(20-41(26)31(25)44)42-39-27(21-12-14-24(48-4)15-13-21)28(40-42)30-36-16-17-50-30/h10,12,14-19,24-25,27-28H,6-9,11,13,20-22H2,1-5H3,(H,39,48)(H,40,45);8,10,12-17,22-23,25-26H,5-7,9,11,18-20H2,1-4H3,(H,37,47)(H,38,43)(H,45,46)/b12-10-;10-8-/t24-,25?,27+,28+,37-;22-,23?,25+,26+,35-/m11/s1. The summed E-state index contributed by atoms with van der Waals surface area (Å²) in [6.07, 6.45) is 17.7. The minimum Gasteiger partial charge on any atom is -0.497 e. The second-order valence-electron chi connectivity index (χ2n) is 28.5. The zero-order valence-corrected chi connectivity index (χ0v) is 60.6. The maximum Gasteiger partial charge on any atom is 0.408 e. The van der Waals surface area contributed by atoms with Gasteiger partial charge < -0.3 is 59.9 Å². The smallest absolute Gasteiger partial charge is 0.408 e. The first-order chi connectivity index (χ1) is 48.8. The molecule has 10 atom stereocenters. The third-order valence-electron chi connectivity index (χ3n) is 18.8. The van der Waals surface area contributed by atoms with Gasteiger partial charge in [0.05, 0.1) is 32.9 Å². The average molecular weight is 1440 g/mol. The molecule has 4 aromatic heterocycles. The highest BCUT2D eigenvalue weighted by Crippen LogP contribution is 2.48. The molecule has 2 saturated carbocycles. The zero-order chi connectivity index (χ0) is 72.7. The highest BCUT2D eigenvalue weighted by atomic mass is 32.1. The number of esters is 1. The van der Waals surface area contributed by atoms with E-state index >= 15 is 0 Å². The number of alkyl carbamates (subject to hydrolysis) is 2. The van der Waals surface area contributed by atoms with E-state index in [1.54, 1.807) is 79.9 Å². The fourth-order valence-electron chi connectivity index (χ4n) is 13.5. The van der Waals surface area contributed by atoms with Crippen molar-refractivity contribution in [3.8, 4) is 55.4 Å². The van der Waals surface area contributed by atoms with Crippen LogP contribution >= 0.6 is 22.7 Å². The average Bonchev–Trinajstić information content (AvgIpc) is 1.59. The molecule has 6 amide bonds. The minimum absolute atomic E-state index is 0.0564. The summed E-state index contributed by atoms with van der Waals surface area (Å²) >= 11 is 2.84. The Morgan fingerprint density at radius 1 is 0.588 bits per heavy atom. The zero-order valence-electron chi connectivity index (χ0n) is 58.9. The normalized spacial score (nSPS) is 26.1. The summed E-state index contributed by atoms with van der Waals surface area (Å²) in [5, 5.41) is 46.1. The third-order valence-corrected chi connectivity index (χ3v) is 20.4. The van der Waals surface area contributed by atoms with E-state index < -0.39 is 106 Å². The second-order valence-corrected chi connectivity index (χ2v) is 30.2. The van der Waals surface area contributed by atoms with Crippen LogP contribution in [0.5, 0.6) is 11.5 Å². The number of carboxylic acid groups (broad SMARTS) is 1. The summed E-state index contributed by atoms with van der Waals surface area (Å²) in [6.45, 7) is 12.5. The number of carbonyl (C=O) groups is 8. The number of ether oxygens (including phenoxy) is 5. The lowest BCUT2D eigenvalue weighted by atomic mass is 10.0. The van der Waals surface area contributed by atoms with Gasteiger partial charge in [-0.1, -0.05) is 50.0 Å². The quantitative estimate of drug-likeness (QED) is 0.0408. The van der Waals surface area contributed by atoms with Gasteiger partial charge in [0.1, 0.15) is 90.7 Å². The van der Waals surface area contributed by atoms with E-state index in [4.69, 9.17) is 44.1 Å². The molecule has 5 N–H and O–H groups in total. The van der Waals surface area contributed by atoms with E-state index in [0.717, 1.165) is 49.7 Å². The molecule has 0 bridgehead atoms. The van der Waals surface area contributed by atoms with Crippen molar-refractivity contribution in [1.82, 2.24) is 71.0 Å². The maximum atomic E-state index is 14.5. The monoisotopic (exact) mass is 1440 g/mol. The van der Waals surface area contributed by atoms with Crippen molar-refractivity contribution in [1.29, 1.82) is 0 Å². The number of nitrogens with one attached hydrogen (secondary N) is 4. The molecule has 2 aromatic carbocycles. The van der Waals surface area contributed by atoms with Crippen molar-refractivity contribution < 1.29 is 67.1 Å². The van der Waals surface area contributed by atoms with E-state index in [1.165, 1.54) is 37.3 Å². The molecule has 4 aliphatic heterocycles. The molecule has 30 heteroatoms. The van der Waals surface area contributed by atoms with Crippen LogP contribution in [0, 0.1) is 11.8 Å². The number of carboxylic acids is 1. The number of nitrogens with zero attached hydrogens (tertiary/aromatic N) is 10. The summed E-state index contributed by atoms with van der Waals surface area (Å²) in [7, 11) is 3.19. The largest absolute Gasteiger partial charge is 0.497 e. The number of fused-ring (bicyclic) bond motifs is 4. The number of benzene rings is 2. The first-order valence-corrected chi connectivity index (χ1v) is 36.6. The van der Waals surface area contributed by atoms with E-state index in [2.05, 4.69) is 31.2 Å². The van der Waals surface area contributed by atoms with E-state index in [-0.39, 0.29) is 50.8 Å². The number of thiazole rings is 2. The predicted octanol–water partition coefficient (Wildman–Crippen LogP) is 9.66. The number of aromatic nitrogens is 8.